The molecule has 1 saturated heterocycles. The van der Waals surface area contributed by atoms with Crippen LogP contribution in [-0.2, 0) is 14.3 Å². The normalized spacial score (nSPS) is 14.4. The zero-order valence-corrected chi connectivity index (χ0v) is 22.3. The third-order valence-electron chi connectivity index (χ3n) is 6.56. The van der Waals surface area contributed by atoms with Crippen molar-refractivity contribution in [3.05, 3.63) is 95.6 Å². The highest BCUT2D eigenvalue weighted by Crippen LogP contribution is 2.19. The minimum absolute atomic E-state index is 0.195. The van der Waals surface area contributed by atoms with Gasteiger partial charge in [-0.1, -0.05) is 36.4 Å². The molecule has 1 aliphatic rings. The summed E-state index contributed by atoms with van der Waals surface area (Å²) >= 11 is 0. The van der Waals surface area contributed by atoms with Crippen LogP contribution in [0.3, 0.4) is 0 Å². The lowest BCUT2D eigenvalue weighted by atomic mass is 10.0. The molecule has 0 aromatic heterocycles. The molecule has 3 aromatic rings. The first-order chi connectivity index (χ1) is 19.5. The van der Waals surface area contributed by atoms with Crippen LogP contribution < -0.4 is 21.7 Å². The maximum atomic E-state index is 13.3. The Hall–Kier alpha value is -4.49. The van der Waals surface area contributed by atoms with E-state index in [4.69, 9.17) is 15.7 Å². The van der Waals surface area contributed by atoms with E-state index in [1.165, 1.54) is 6.08 Å². The van der Waals surface area contributed by atoms with Gasteiger partial charge in [0.05, 0.1) is 36.2 Å². The van der Waals surface area contributed by atoms with E-state index in [1.54, 1.807) is 54.6 Å². The number of carbonyl (C=O) groups excluding carboxylic acids is 2. The van der Waals surface area contributed by atoms with Crippen molar-refractivity contribution < 1.29 is 14.3 Å². The van der Waals surface area contributed by atoms with E-state index in [2.05, 4.69) is 26.9 Å². The van der Waals surface area contributed by atoms with Crippen molar-refractivity contribution in [1.82, 2.24) is 10.2 Å². The summed E-state index contributed by atoms with van der Waals surface area (Å²) in [7, 11) is 0. The molecule has 206 valence electrons. The largest absolute Gasteiger partial charge is 0.397 e. The maximum absolute atomic E-state index is 13.3. The lowest BCUT2D eigenvalue weighted by molar-refractivity contribution is -0.118. The standard InChI is InChI=1S/C31H34N6O3/c32-22-24-8-13-26(14-9-24)35-31(39)30(34-16-3-17-37-18-20-40-21-19-37)25-11-6-23(7-12-25)10-15-29(38)36-28-5-2-1-4-27(28)33/h1-2,4-15,30,34H,3,16-21,33H2,(H,35,39)(H,36,38). The Balaban J connectivity index is 1.40. The average Bonchev–Trinajstić information content (AvgIpc) is 2.98. The van der Waals surface area contributed by atoms with E-state index in [0.717, 1.165) is 50.4 Å². The first-order valence-electron chi connectivity index (χ1n) is 13.3. The zero-order valence-electron chi connectivity index (χ0n) is 22.3. The number of hydrogen-bond donors (Lipinski definition) is 4. The Morgan fingerprint density at radius 2 is 1.73 bits per heavy atom. The van der Waals surface area contributed by atoms with Crippen molar-refractivity contribution in [2.24, 2.45) is 0 Å². The summed E-state index contributed by atoms with van der Waals surface area (Å²) in [6.45, 7) is 4.95. The van der Waals surface area contributed by atoms with Gasteiger partial charge in [-0.3, -0.25) is 14.5 Å². The molecule has 1 aliphatic heterocycles. The lowest BCUT2D eigenvalue weighted by Gasteiger charge is -2.27. The van der Waals surface area contributed by atoms with Crippen LogP contribution in [-0.4, -0.2) is 56.1 Å². The molecule has 0 radical (unpaired) electrons. The minimum atomic E-state index is -0.581. The molecule has 1 heterocycles. The highest BCUT2D eigenvalue weighted by atomic mass is 16.5. The summed E-state index contributed by atoms with van der Waals surface area (Å²) in [5.74, 6) is -0.484. The topological polar surface area (TPSA) is 133 Å². The molecule has 0 spiro atoms. The predicted molar refractivity (Wildman–Crippen MR) is 157 cm³/mol. The summed E-state index contributed by atoms with van der Waals surface area (Å²) in [5.41, 5.74) is 9.71. The van der Waals surface area contributed by atoms with Crippen LogP contribution in [0.4, 0.5) is 17.1 Å². The van der Waals surface area contributed by atoms with E-state index in [1.807, 2.05) is 24.3 Å². The quantitative estimate of drug-likeness (QED) is 0.166. The van der Waals surface area contributed by atoms with Gasteiger partial charge in [-0.2, -0.15) is 5.26 Å². The van der Waals surface area contributed by atoms with E-state index in [9.17, 15) is 9.59 Å². The van der Waals surface area contributed by atoms with Crippen molar-refractivity contribution in [1.29, 1.82) is 5.26 Å². The molecule has 5 N–H and O–H groups in total. The number of morpholine rings is 1. The monoisotopic (exact) mass is 538 g/mol. The highest BCUT2D eigenvalue weighted by Gasteiger charge is 2.20. The number of nitrogens with two attached hydrogens (primary N) is 1. The highest BCUT2D eigenvalue weighted by molar-refractivity contribution is 6.03. The molecule has 2 amide bonds. The molecule has 0 saturated carbocycles. The number of hydrogen-bond acceptors (Lipinski definition) is 7. The molecule has 0 bridgehead atoms. The number of amides is 2. The van der Waals surface area contributed by atoms with Gasteiger partial charge in [0.15, 0.2) is 0 Å². The summed E-state index contributed by atoms with van der Waals surface area (Å²) in [6.07, 6.45) is 4.04. The number of anilines is 3. The van der Waals surface area contributed by atoms with Gasteiger partial charge in [-0.05, 0) is 73.1 Å². The Labute approximate surface area is 234 Å². The number of para-hydroxylation sites is 2. The second-order valence-corrected chi connectivity index (χ2v) is 9.45. The van der Waals surface area contributed by atoms with Gasteiger partial charge in [0.1, 0.15) is 6.04 Å². The summed E-state index contributed by atoms with van der Waals surface area (Å²) in [5, 5.41) is 18.2. The van der Waals surface area contributed by atoms with Crippen LogP contribution in [0.15, 0.2) is 78.9 Å². The first kappa shape index (κ1) is 28.5. The SMILES string of the molecule is N#Cc1ccc(NC(=O)C(NCCCN2CCOCC2)c2ccc(C=CC(=O)Nc3ccccc3N)cc2)cc1. The van der Waals surface area contributed by atoms with Crippen LogP contribution in [0.1, 0.15) is 29.2 Å². The summed E-state index contributed by atoms with van der Waals surface area (Å²) < 4.78 is 5.42. The van der Waals surface area contributed by atoms with Crippen molar-refractivity contribution in [3.8, 4) is 6.07 Å². The van der Waals surface area contributed by atoms with Crippen LogP contribution in [0, 0.1) is 11.3 Å². The van der Waals surface area contributed by atoms with Gasteiger partial charge in [0, 0.05) is 24.9 Å². The molecule has 4 rings (SSSR count). The van der Waals surface area contributed by atoms with Crippen molar-refractivity contribution >= 4 is 35.0 Å². The number of nitrogens with zero attached hydrogens (tertiary/aromatic N) is 2. The molecule has 1 fully saturated rings. The van der Waals surface area contributed by atoms with Gasteiger partial charge in [-0.15, -0.1) is 0 Å². The predicted octanol–water partition coefficient (Wildman–Crippen LogP) is 3.78. The molecule has 1 unspecified atom stereocenters. The fraction of sp³-hybridized carbons (Fsp3) is 0.258. The minimum Gasteiger partial charge on any atom is -0.397 e. The van der Waals surface area contributed by atoms with Gasteiger partial charge >= 0.3 is 0 Å². The Bertz CT molecular complexity index is 1340. The van der Waals surface area contributed by atoms with E-state index >= 15 is 0 Å². The first-order valence-corrected chi connectivity index (χ1v) is 13.3. The van der Waals surface area contributed by atoms with Gasteiger partial charge < -0.3 is 26.4 Å². The molecule has 3 aromatic carbocycles. The number of benzene rings is 3. The smallest absolute Gasteiger partial charge is 0.248 e. The van der Waals surface area contributed by atoms with Crippen LogP contribution >= 0.6 is 0 Å². The molecular formula is C31H34N6O3. The number of nitriles is 1. The maximum Gasteiger partial charge on any atom is 0.248 e. The second-order valence-electron chi connectivity index (χ2n) is 9.45. The van der Waals surface area contributed by atoms with Crippen molar-refractivity contribution in [3.63, 3.8) is 0 Å². The summed E-state index contributed by atoms with van der Waals surface area (Å²) in [6, 6.07) is 22.8. The number of nitrogen functional groups attached to an aromatic ring is 1. The number of rotatable bonds is 11. The lowest BCUT2D eigenvalue weighted by Crippen LogP contribution is -2.39. The molecule has 40 heavy (non-hydrogen) atoms. The average molecular weight is 539 g/mol. The van der Waals surface area contributed by atoms with Gasteiger partial charge in [-0.25, -0.2) is 0 Å². The fourth-order valence-corrected chi connectivity index (χ4v) is 4.34. The van der Waals surface area contributed by atoms with Crippen LogP contribution in [0.2, 0.25) is 0 Å². The summed E-state index contributed by atoms with van der Waals surface area (Å²) in [4.78, 5) is 28.0. The fourth-order valence-electron chi connectivity index (χ4n) is 4.34. The molecule has 9 heteroatoms. The molecule has 9 nitrogen and oxygen atoms in total. The van der Waals surface area contributed by atoms with Crippen LogP contribution in [0.25, 0.3) is 6.08 Å². The van der Waals surface area contributed by atoms with E-state index < -0.39 is 6.04 Å². The van der Waals surface area contributed by atoms with E-state index in [-0.39, 0.29) is 11.8 Å². The number of nitrogens with one attached hydrogen (secondary N) is 3. The number of ether oxygens (including phenoxy) is 1. The van der Waals surface area contributed by atoms with E-state index in [0.29, 0.717) is 29.2 Å². The van der Waals surface area contributed by atoms with Gasteiger partial charge in [0.25, 0.3) is 0 Å². The second kappa shape index (κ2) is 14.6. The molecule has 1 atom stereocenters. The van der Waals surface area contributed by atoms with Crippen molar-refractivity contribution in [2.45, 2.75) is 12.5 Å². The van der Waals surface area contributed by atoms with Gasteiger partial charge in [0.2, 0.25) is 11.8 Å². The molecular weight excluding hydrogens is 504 g/mol. The Morgan fingerprint density at radius 3 is 2.42 bits per heavy atom. The molecule has 0 aliphatic carbocycles. The third-order valence-corrected chi connectivity index (χ3v) is 6.56. The van der Waals surface area contributed by atoms with Crippen molar-refractivity contribution in [2.75, 3.05) is 55.8 Å². The zero-order chi connectivity index (χ0) is 28.2. The number of carbonyl (C=O) groups is 2. The Morgan fingerprint density at radius 1 is 1.00 bits per heavy atom. The van der Waals surface area contributed by atoms with Crippen LogP contribution in [0.5, 0.6) is 0 Å². The Kier molecular flexibility index (Phi) is 10.4. The third kappa shape index (κ3) is 8.51.